The Kier molecular flexibility index (Phi) is 7.28. The standard InChI is InChI=1S/C29H25FN4OS/c30-22-10-12-23(13-11-22)31-29(35)32-24-14-16-25(17-15-24)36-20-28-33-26-8-4-5-9-27(26)34(28)19-18-21-6-2-1-3-7-21/h1-17H,18-20H2,(H2,31,32,35). The van der Waals surface area contributed by atoms with E-state index in [1.54, 1.807) is 11.8 Å². The average Bonchev–Trinajstić information content (AvgIpc) is 3.26. The number of amides is 2. The molecule has 0 aliphatic carbocycles. The second-order valence-electron chi connectivity index (χ2n) is 8.30. The first-order chi connectivity index (χ1) is 17.6. The number of thioether (sulfide) groups is 1. The van der Waals surface area contributed by atoms with Crippen LogP contribution in [0.1, 0.15) is 11.4 Å². The maximum atomic E-state index is 13.0. The lowest BCUT2D eigenvalue weighted by molar-refractivity contribution is 0.262. The van der Waals surface area contributed by atoms with Gasteiger partial charge in [-0.2, -0.15) is 0 Å². The molecule has 7 heteroatoms. The van der Waals surface area contributed by atoms with Crippen molar-refractivity contribution in [3.63, 3.8) is 0 Å². The van der Waals surface area contributed by atoms with Crippen LogP contribution in [0.15, 0.2) is 108 Å². The van der Waals surface area contributed by atoms with Gasteiger partial charge in [0.15, 0.2) is 0 Å². The van der Waals surface area contributed by atoms with E-state index in [4.69, 9.17) is 4.98 Å². The van der Waals surface area contributed by atoms with E-state index in [-0.39, 0.29) is 11.8 Å². The third-order valence-corrected chi connectivity index (χ3v) is 6.79. The molecule has 5 nitrogen and oxygen atoms in total. The first-order valence-corrected chi connectivity index (χ1v) is 12.7. The molecule has 0 aliphatic rings. The largest absolute Gasteiger partial charge is 0.327 e. The van der Waals surface area contributed by atoms with Crippen molar-refractivity contribution in [2.45, 2.75) is 23.6 Å². The molecule has 0 radical (unpaired) electrons. The van der Waals surface area contributed by atoms with Gasteiger partial charge in [-0.1, -0.05) is 42.5 Å². The number of rotatable bonds is 8. The number of carbonyl (C=O) groups is 1. The number of halogens is 1. The molecule has 2 amide bonds. The van der Waals surface area contributed by atoms with Gasteiger partial charge in [0.05, 0.1) is 16.8 Å². The molecule has 36 heavy (non-hydrogen) atoms. The summed E-state index contributed by atoms with van der Waals surface area (Å²) in [5, 5.41) is 5.48. The van der Waals surface area contributed by atoms with Crippen LogP contribution in [0, 0.1) is 5.82 Å². The lowest BCUT2D eigenvalue weighted by Crippen LogP contribution is -2.19. The van der Waals surface area contributed by atoms with Crippen molar-refractivity contribution in [2.75, 3.05) is 10.6 Å². The summed E-state index contributed by atoms with van der Waals surface area (Å²) >= 11 is 1.71. The summed E-state index contributed by atoms with van der Waals surface area (Å²) in [6, 6.07) is 31.7. The van der Waals surface area contributed by atoms with Crippen molar-refractivity contribution in [1.29, 1.82) is 0 Å². The SMILES string of the molecule is O=C(Nc1ccc(F)cc1)Nc1ccc(SCc2nc3ccccc3n2CCc2ccccc2)cc1. The minimum absolute atomic E-state index is 0.346. The van der Waals surface area contributed by atoms with Crippen LogP contribution in [0.5, 0.6) is 0 Å². The number of urea groups is 1. The topological polar surface area (TPSA) is 59.0 Å². The number of anilines is 2. The summed E-state index contributed by atoms with van der Waals surface area (Å²) in [5.74, 6) is 1.43. The summed E-state index contributed by atoms with van der Waals surface area (Å²) in [6.45, 7) is 0.868. The van der Waals surface area contributed by atoms with Crippen LogP contribution in [0.25, 0.3) is 11.0 Å². The Morgan fingerprint density at radius 1 is 0.806 bits per heavy atom. The zero-order valence-electron chi connectivity index (χ0n) is 19.5. The highest BCUT2D eigenvalue weighted by Crippen LogP contribution is 2.26. The zero-order chi connectivity index (χ0) is 24.7. The maximum Gasteiger partial charge on any atom is 0.323 e. The maximum absolute atomic E-state index is 13.0. The molecule has 0 aliphatic heterocycles. The third-order valence-electron chi connectivity index (χ3n) is 5.78. The number of imidazole rings is 1. The van der Waals surface area contributed by atoms with Gasteiger partial charge in [0, 0.05) is 22.8 Å². The number of benzene rings is 4. The van der Waals surface area contributed by atoms with Crippen LogP contribution in [-0.2, 0) is 18.7 Å². The van der Waals surface area contributed by atoms with Gasteiger partial charge >= 0.3 is 6.03 Å². The first kappa shape index (κ1) is 23.6. The normalized spacial score (nSPS) is 10.9. The number of carbonyl (C=O) groups excluding carboxylic acids is 1. The summed E-state index contributed by atoms with van der Waals surface area (Å²) in [4.78, 5) is 18.2. The molecule has 5 aromatic rings. The number of aryl methyl sites for hydroxylation is 2. The molecule has 1 heterocycles. The second-order valence-corrected chi connectivity index (χ2v) is 9.35. The van der Waals surface area contributed by atoms with E-state index in [1.165, 1.54) is 29.8 Å². The van der Waals surface area contributed by atoms with Crippen molar-refractivity contribution in [1.82, 2.24) is 9.55 Å². The van der Waals surface area contributed by atoms with Gasteiger partial charge in [0.1, 0.15) is 11.6 Å². The lowest BCUT2D eigenvalue weighted by atomic mass is 10.1. The molecule has 0 spiro atoms. The number of aromatic nitrogens is 2. The van der Waals surface area contributed by atoms with Crippen LogP contribution in [0.3, 0.4) is 0 Å². The van der Waals surface area contributed by atoms with Crippen LogP contribution >= 0.6 is 11.8 Å². The smallest absolute Gasteiger partial charge is 0.323 e. The summed E-state index contributed by atoms with van der Waals surface area (Å²) in [7, 11) is 0. The molecule has 0 atom stereocenters. The van der Waals surface area contributed by atoms with Crippen LogP contribution in [0.2, 0.25) is 0 Å². The fourth-order valence-electron chi connectivity index (χ4n) is 3.98. The number of hydrogen-bond donors (Lipinski definition) is 2. The molecule has 0 saturated heterocycles. The minimum Gasteiger partial charge on any atom is -0.327 e. The van der Waals surface area contributed by atoms with Gasteiger partial charge in [-0.3, -0.25) is 0 Å². The molecule has 180 valence electrons. The molecule has 0 saturated carbocycles. The molecular formula is C29H25FN4OS. The Morgan fingerprint density at radius 3 is 2.17 bits per heavy atom. The number of para-hydroxylation sites is 2. The summed E-state index contributed by atoms with van der Waals surface area (Å²) < 4.78 is 15.3. The Labute approximate surface area is 213 Å². The number of hydrogen-bond acceptors (Lipinski definition) is 3. The molecule has 2 N–H and O–H groups in total. The fourth-order valence-corrected chi connectivity index (χ4v) is 4.82. The van der Waals surface area contributed by atoms with E-state index < -0.39 is 0 Å². The summed E-state index contributed by atoms with van der Waals surface area (Å²) in [5.41, 5.74) is 4.66. The summed E-state index contributed by atoms with van der Waals surface area (Å²) in [6.07, 6.45) is 0.944. The average molecular weight is 497 g/mol. The second kappa shape index (κ2) is 11.1. The number of nitrogens with zero attached hydrogens (tertiary/aromatic N) is 2. The van der Waals surface area contributed by atoms with E-state index in [1.807, 2.05) is 36.4 Å². The van der Waals surface area contributed by atoms with E-state index >= 15 is 0 Å². The monoisotopic (exact) mass is 496 g/mol. The van der Waals surface area contributed by atoms with Crippen LogP contribution in [0.4, 0.5) is 20.6 Å². The van der Waals surface area contributed by atoms with Crippen LogP contribution in [-0.4, -0.2) is 15.6 Å². The fraction of sp³-hybridized carbons (Fsp3) is 0.103. The first-order valence-electron chi connectivity index (χ1n) is 11.7. The van der Waals surface area contributed by atoms with Gasteiger partial charge in [-0.25, -0.2) is 14.2 Å². The molecule has 0 fully saturated rings. The van der Waals surface area contributed by atoms with Gasteiger partial charge in [0.25, 0.3) is 0 Å². The van der Waals surface area contributed by atoms with Crippen LogP contribution < -0.4 is 10.6 Å². The lowest BCUT2D eigenvalue weighted by Gasteiger charge is -2.10. The molecule has 0 bridgehead atoms. The number of fused-ring (bicyclic) bond motifs is 1. The third kappa shape index (κ3) is 5.93. The van der Waals surface area contributed by atoms with Crippen molar-refractivity contribution in [3.8, 4) is 0 Å². The van der Waals surface area contributed by atoms with Crippen molar-refractivity contribution >= 4 is 40.2 Å². The molecule has 4 aromatic carbocycles. The highest BCUT2D eigenvalue weighted by Gasteiger charge is 2.11. The van der Waals surface area contributed by atoms with Gasteiger partial charge in [-0.05, 0) is 72.6 Å². The van der Waals surface area contributed by atoms with E-state index in [0.29, 0.717) is 11.4 Å². The number of nitrogens with one attached hydrogen (secondary N) is 2. The Morgan fingerprint density at radius 2 is 1.44 bits per heavy atom. The zero-order valence-corrected chi connectivity index (χ0v) is 20.3. The predicted molar refractivity (Wildman–Crippen MR) is 145 cm³/mol. The Bertz CT molecular complexity index is 1450. The van der Waals surface area contributed by atoms with Crippen molar-refractivity contribution in [3.05, 3.63) is 120 Å². The van der Waals surface area contributed by atoms with Crippen molar-refractivity contribution < 1.29 is 9.18 Å². The highest BCUT2D eigenvalue weighted by molar-refractivity contribution is 7.98. The van der Waals surface area contributed by atoms with Gasteiger partial charge < -0.3 is 15.2 Å². The Balaban J connectivity index is 1.22. The molecular weight excluding hydrogens is 471 g/mol. The van der Waals surface area contributed by atoms with Crippen molar-refractivity contribution in [2.24, 2.45) is 0 Å². The van der Waals surface area contributed by atoms with E-state index in [9.17, 15) is 9.18 Å². The van der Waals surface area contributed by atoms with E-state index in [2.05, 4.69) is 57.7 Å². The minimum atomic E-state index is -0.380. The van der Waals surface area contributed by atoms with E-state index in [0.717, 1.165) is 40.5 Å². The predicted octanol–water partition coefficient (Wildman–Crippen LogP) is 7.35. The molecule has 1 aromatic heterocycles. The highest BCUT2D eigenvalue weighted by atomic mass is 32.2. The molecule has 0 unspecified atom stereocenters. The Hall–Kier alpha value is -4.10. The quantitative estimate of drug-likeness (QED) is 0.221. The molecule has 5 rings (SSSR count). The van der Waals surface area contributed by atoms with Gasteiger partial charge in [0.2, 0.25) is 0 Å². The van der Waals surface area contributed by atoms with Gasteiger partial charge in [-0.15, -0.1) is 11.8 Å².